The predicted octanol–water partition coefficient (Wildman–Crippen LogP) is 1.97. The minimum atomic E-state index is -0.667. The molecule has 0 aromatic carbocycles. The van der Waals surface area contributed by atoms with Crippen LogP contribution in [-0.2, 0) is 4.79 Å². The zero-order valence-electron chi connectivity index (χ0n) is 9.04. The molecule has 1 fully saturated rings. The van der Waals surface area contributed by atoms with E-state index in [4.69, 9.17) is 5.11 Å². The standard InChI is InChI=1S/C11H21NO2/c1-2-10-8-12(9-10)7-5-3-4-6-11(13)14/h10H,2-9H2,1H3,(H,13,14). The summed E-state index contributed by atoms with van der Waals surface area (Å²) in [5.41, 5.74) is 0. The second-order valence-corrected chi connectivity index (χ2v) is 4.24. The molecule has 0 unspecified atom stereocenters. The zero-order valence-corrected chi connectivity index (χ0v) is 9.04. The fourth-order valence-corrected chi connectivity index (χ4v) is 1.91. The van der Waals surface area contributed by atoms with Gasteiger partial charge in [-0.2, -0.15) is 0 Å². The minimum Gasteiger partial charge on any atom is -0.481 e. The molecule has 1 aliphatic heterocycles. The highest BCUT2D eigenvalue weighted by Gasteiger charge is 2.23. The summed E-state index contributed by atoms with van der Waals surface area (Å²) in [5.74, 6) is 0.258. The number of carbonyl (C=O) groups is 1. The Morgan fingerprint density at radius 1 is 1.36 bits per heavy atom. The summed E-state index contributed by atoms with van der Waals surface area (Å²) in [6.07, 6.45) is 4.68. The van der Waals surface area contributed by atoms with E-state index in [9.17, 15) is 4.79 Å². The van der Waals surface area contributed by atoms with E-state index in [0.29, 0.717) is 6.42 Å². The van der Waals surface area contributed by atoms with Crippen molar-refractivity contribution in [1.82, 2.24) is 4.90 Å². The van der Waals surface area contributed by atoms with Crippen LogP contribution in [0.5, 0.6) is 0 Å². The Bertz CT molecular complexity index is 176. The highest BCUT2D eigenvalue weighted by molar-refractivity contribution is 5.66. The van der Waals surface area contributed by atoms with Crippen molar-refractivity contribution < 1.29 is 9.90 Å². The van der Waals surface area contributed by atoms with Gasteiger partial charge in [-0.05, 0) is 25.3 Å². The number of unbranched alkanes of at least 4 members (excludes halogenated alkanes) is 2. The highest BCUT2D eigenvalue weighted by Crippen LogP contribution is 2.18. The maximum absolute atomic E-state index is 10.2. The lowest BCUT2D eigenvalue weighted by Gasteiger charge is -2.38. The van der Waals surface area contributed by atoms with E-state index in [2.05, 4.69) is 11.8 Å². The average Bonchev–Trinajstić information content (AvgIpc) is 2.07. The van der Waals surface area contributed by atoms with E-state index in [1.165, 1.54) is 19.5 Å². The van der Waals surface area contributed by atoms with Gasteiger partial charge in [0.1, 0.15) is 0 Å². The first-order valence-corrected chi connectivity index (χ1v) is 5.66. The largest absolute Gasteiger partial charge is 0.481 e. The number of aliphatic carboxylic acids is 1. The number of nitrogens with zero attached hydrogens (tertiary/aromatic N) is 1. The van der Waals surface area contributed by atoms with Crippen LogP contribution in [0.15, 0.2) is 0 Å². The Morgan fingerprint density at radius 2 is 2.07 bits per heavy atom. The molecule has 1 N–H and O–H groups in total. The second-order valence-electron chi connectivity index (χ2n) is 4.24. The Balaban J connectivity index is 1.84. The topological polar surface area (TPSA) is 40.5 Å². The third-order valence-corrected chi connectivity index (χ3v) is 2.98. The molecule has 0 amide bonds. The SMILES string of the molecule is CCC1CN(CCCCCC(=O)O)C1. The van der Waals surface area contributed by atoms with E-state index in [0.717, 1.165) is 31.7 Å². The summed E-state index contributed by atoms with van der Waals surface area (Å²) in [7, 11) is 0. The number of likely N-dealkylation sites (tertiary alicyclic amines) is 1. The van der Waals surface area contributed by atoms with Crippen molar-refractivity contribution in [1.29, 1.82) is 0 Å². The van der Waals surface area contributed by atoms with Crippen LogP contribution < -0.4 is 0 Å². The molecule has 0 aliphatic carbocycles. The molecule has 82 valence electrons. The van der Waals surface area contributed by atoms with Crippen LogP contribution in [0, 0.1) is 5.92 Å². The van der Waals surface area contributed by atoms with Gasteiger partial charge < -0.3 is 10.0 Å². The molecule has 0 atom stereocenters. The highest BCUT2D eigenvalue weighted by atomic mass is 16.4. The van der Waals surface area contributed by atoms with Crippen LogP contribution in [0.1, 0.15) is 39.0 Å². The fourth-order valence-electron chi connectivity index (χ4n) is 1.91. The van der Waals surface area contributed by atoms with Crippen LogP contribution in [0.4, 0.5) is 0 Å². The second kappa shape index (κ2) is 6.02. The first-order chi connectivity index (χ1) is 6.72. The fraction of sp³-hybridized carbons (Fsp3) is 0.909. The third kappa shape index (κ3) is 4.09. The summed E-state index contributed by atoms with van der Waals surface area (Å²) in [5, 5.41) is 8.44. The van der Waals surface area contributed by atoms with E-state index in [-0.39, 0.29) is 0 Å². The van der Waals surface area contributed by atoms with Crippen molar-refractivity contribution in [2.75, 3.05) is 19.6 Å². The molecule has 0 aromatic heterocycles. The van der Waals surface area contributed by atoms with Crippen molar-refractivity contribution in [2.45, 2.75) is 39.0 Å². The van der Waals surface area contributed by atoms with Gasteiger partial charge in [-0.25, -0.2) is 0 Å². The predicted molar refractivity (Wildman–Crippen MR) is 56.3 cm³/mol. The molecule has 1 heterocycles. The van der Waals surface area contributed by atoms with Gasteiger partial charge in [0.15, 0.2) is 0 Å². The zero-order chi connectivity index (χ0) is 10.4. The molecule has 0 saturated carbocycles. The lowest BCUT2D eigenvalue weighted by atomic mass is 9.97. The van der Waals surface area contributed by atoms with Crippen LogP contribution >= 0.6 is 0 Å². The summed E-state index contributed by atoms with van der Waals surface area (Å²) in [4.78, 5) is 12.7. The molecule has 0 aromatic rings. The number of hydrogen-bond acceptors (Lipinski definition) is 2. The lowest BCUT2D eigenvalue weighted by molar-refractivity contribution is -0.137. The van der Waals surface area contributed by atoms with Crippen molar-refractivity contribution in [3.8, 4) is 0 Å². The Kier molecular flexibility index (Phi) is 4.94. The molecule has 3 heteroatoms. The first-order valence-electron chi connectivity index (χ1n) is 5.66. The number of rotatable bonds is 7. The summed E-state index contributed by atoms with van der Waals surface area (Å²) < 4.78 is 0. The Hall–Kier alpha value is -0.570. The maximum Gasteiger partial charge on any atom is 0.303 e. The molecule has 14 heavy (non-hydrogen) atoms. The van der Waals surface area contributed by atoms with Crippen molar-refractivity contribution in [2.24, 2.45) is 5.92 Å². The van der Waals surface area contributed by atoms with Gasteiger partial charge in [-0.1, -0.05) is 19.8 Å². The van der Waals surface area contributed by atoms with E-state index >= 15 is 0 Å². The van der Waals surface area contributed by atoms with Gasteiger partial charge in [0.25, 0.3) is 0 Å². The van der Waals surface area contributed by atoms with Gasteiger partial charge in [0, 0.05) is 19.5 Å². The first kappa shape index (κ1) is 11.5. The lowest BCUT2D eigenvalue weighted by Crippen LogP contribution is -2.46. The van der Waals surface area contributed by atoms with Gasteiger partial charge in [0.05, 0.1) is 0 Å². The molecular formula is C11H21NO2. The average molecular weight is 199 g/mol. The summed E-state index contributed by atoms with van der Waals surface area (Å²) in [6, 6.07) is 0. The minimum absolute atomic E-state index is 0.331. The summed E-state index contributed by atoms with van der Waals surface area (Å²) in [6.45, 7) is 5.93. The van der Waals surface area contributed by atoms with Crippen molar-refractivity contribution in [3.05, 3.63) is 0 Å². The van der Waals surface area contributed by atoms with Crippen LogP contribution in [0.3, 0.4) is 0 Å². The molecule has 1 aliphatic rings. The number of carboxylic acid groups (broad SMARTS) is 1. The van der Waals surface area contributed by atoms with E-state index in [1.807, 2.05) is 0 Å². The molecule has 0 radical (unpaired) electrons. The number of carboxylic acids is 1. The quantitative estimate of drug-likeness (QED) is 0.637. The van der Waals surface area contributed by atoms with Gasteiger partial charge in [-0.15, -0.1) is 0 Å². The van der Waals surface area contributed by atoms with Gasteiger partial charge >= 0.3 is 5.97 Å². The van der Waals surface area contributed by atoms with Crippen molar-refractivity contribution in [3.63, 3.8) is 0 Å². The van der Waals surface area contributed by atoms with Crippen LogP contribution in [0.25, 0.3) is 0 Å². The van der Waals surface area contributed by atoms with E-state index in [1.54, 1.807) is 0 Å². The molecule has 0 spiro atoms. The normalized spacial score (nSPS) is 18.1. The molecule has 1 rings (SSSR count). The molecular weight excluding hydrogens is 178 g/mol. The number of hydrogen-bond donors (Lipinski definition) is 1. The molecule has 3 nitrogen and oxygen atoms in total. The maximum atomic E-state index is 10.2. The Morgan fingerprint density at radius 3 is 2.64 bits per heavy atom. The van der Waals surface area contributed by atoms with Gasteiger partial charge in [-0.3, -0.25) is 4.79 Å². The molecule has 0 bridgehead atoms. The van der Waals surface area contributed by atoms with Crippen molar-refractivity contribution >= 4 is 5.97 Å². The smallest absolute Gasteiger partial charge is 0.303 e. The monoisotopic (exact) mass is 199 g/mol. The van der Waals surface area contributed by atoms with Crippen LogP contribution in [0.2, 0.25) is 0 Å². The summed E-state index contributed by atoms with van der Waals surface area (Å²) >= 11 is 0. The van der Waals surface area contributed by atoms with Gasteiger partial charge in [0.2, 0.25) is 0 Å². The third-order valence-electron chi connectivity index (χ3n) is 2.98. The van der Waals surface area contributed by atoms with Crippen LogP contribution in [-0.4, -0.2) is 35.6 Å². The molecule has 1 saturated heterocycles. The van der Waals surface area contributed by atoms with E-state index < -0.39 is 5.97 Å². The Labute approximate surface area is 86.1 Å².